The van der Waals surface area contributed by atoms with E-state index < -0.39 is 0 Å². The Morgan fingerprint density at radius 3 is 1.40 bits per heavy atom. The van der Waals surface area contributed by atoms with E-state index in [2.05, 4.69) is 40.5 Å². The van der Waals surface area contributed by atoms with E-state index in [-0.39, 0.29) is 16.3 Å². The Morgan fingerprint density at radius 1 is 0.800 bits per heavy atom. The normalized spacial score (nSPS) is 16.0. The Balaban J connectivity index is 3.52. The van der Waals surface area contributed by atoms with Crippen LogP contribution in [0.2, 0.25) is 0 Å². The molecule has 0 aromatic heterocycles. The van der Waals surface area contributed by atoms with E-state index in [9.17, 15) is 0 Å². The molecule has 0 fully saturated rings. The quantitative estimate of drug-likeness (QED) is 0.608. The summed E-state index contributed by atoms with van der Waals surface area (Å²) in [5, 5.41) is 0. The molecule has 0 heterocycles. The van der Waals surface area contributed by atoms with Crippen LogP contribution in [-0.4, -0.2) is 39.9 Å². The third-order valence-corrected chi connectivity index (χ3v) is 3.37. The molecule has 4 heteroatoms. The molecule has 0 spiro atoms. The fraction of sp³-hybridized carbons (Fsp3) is 1.00. The van der Waals surface area contributed by atoms with E-state index in [0.717, 1.165) is 13.2 Å². The smallest absolute Gasteiger partial charge is 0.0534 e. The highest BCUT2D eigenvalue weighted by atomic mass is 31.1. The van der Waals surface area contributed by atoms with Crippen molar-refractivity contribution >= 4 is 16.3 Å². The fourth-order valence-electron chi connectivity index (χ4n) is 1.38. The van der Waals surface area contributed by atoms with Gasteiger partial charge in [0.2, 0.25) is 0 Å². The van der Waals surface area contributed by atoms with Crippen molar-refractivity contribution in [1.29, 1.82) is 0 Å². The van der Waals surface area contributed by atoms with Crippen LogP contribution >= 0.6 is 16.3 Å². The first kappa shape index (κ1) is 15.8. The van der Waals surface area contributed by atoms with Crippen LogP contribution in [0.3, 0.4) is 0 Å². The van der Waals surface area contributed by atoms with Crippen molar-refractivity contribution in [2.45, 2.75) is 20.3 Å². The van der Waals surface area contributed by atoms with Gasteiger partial charge in [0.05, 0.1) is 13.2 Å². The average molecular weight is 252 g/mol. The summed E-state index contributed by atoms with van der Waals surface area (Å²) in [6.45, 7) is 14.9. The topological polar surface area (TPSA) is 18.5 Å². The molecule has 0 N–H and O–H groups in total. The molecule has 0 saturated carbocycles. The zero-order valence-corrected chi connectivity index (χ0v) is 12.8. The summed E-state index contributed by atoms with van der Waals surface area (Å²) >= 11 is 0. The van der Waals surface area contributed by atoms with Gasteiger partial charge >= 0.3 is 0 Å². The van der Waals surface area contributed by atoms with Gasteiger partial charge in [-0.3, -0.25) is 0 Å². The molecule has 0 aliphatic carbocycles. The molecule has 0 radical (unpaired) electrons. The van der Waals surface area contributed by atoms with E-state index in [1.807, 2.05) is 0 Å². The first-order valence-corrected chi connectivity index (χ1v) is 9.83. The Kier molecular flexibility index (Phi) is 9.34. The molecule has 2 nitrogen and oxygen atoms in total. The third-order valence-electron chi connectivity index (χ3n) is 2.04. The Morgan fingerprint density at radius 2 is 1.13 bits per heavy atom. The lowest BCUT2D eigenvalue weighted by Gasteiger charge is -2.19. The van der Waals surface area contributed by atoms with Gasteiger partial charge in [0.1, 0.15) is 0 Å². The summed E-state index contributed by atoms with van der Waals surface area (Å²) < 4.78 is 11.3. The zero-order chi connectivity index (χ0) is 11.8. The first-order valence-electron chi connectivity index (χ1n) is 5.52. The second-order valence-corrected chi connectivity index (χ2v) is 8.43. The monoisotopic (exact) mass is 252 g/mol. The number of hydrogen-bond acceptors (Lipinski definition) is 2. The van der Waals surface area contributed by atoms with Crippen LogP contribution in [0.25, 0.3) is 0 Å². The highest BCUT2D eigenvalue weighted by molar-refractivity contribution is 7.51. The van der Waals surface area contributed by atoms with E-state index >= 15 is 0 Å². The maximum absolute atomic E-state index is 5.66. The molecule has 0 amide bonds. The van der Waals surface area contributed by atoms with Crippen molar-refractivity contribution in [1.82, 2.24) is 0 Å². The predicted molar refractivity (Wildman–Crippen MR) is 72.4 cm³/mol. The minimum absolute atomic E-state index is 0.204. The number of hydrogen-bond donors (Lipinski definition) is 0. The van der Waals surface area contributed by atoms with Gasteiger partial charge in [-0.05, 0) is 44.9 Å². The molecule has 2 unspecified atom stereocenters. The standard InChI is InChI=1S/C11H26O2P2/c1-10(8-12-14(3)4)7-11(2)9-13-15(5)6/h10-11H,7-9H2,1-6H3. The van der Waals surface area contributed by atoms with Gasteiger partial charge in [0.15, 0.2) is 0 Å². The highest BCUT2D eigenvalue weighted by Gasteiger charge is 2.10. The van der Waals surface area contributed by atoms with Crippen molar-refractivity contribution in [3.63, 3.8) is 0 Å². The second-order valence-electron chi connectivity index (χ2n) is 4.66. The van der Waals surface area contributed by atoms with Crippen LogP contribution in [0.4, 0.5) is 0 Å². The van der Waals surface area contributed by atoms with Gasteiger partial charge in [0.25, 0.3) is 0 Å². The Bertz CT molecular complexity index is 136. The molecule has 2 atom stereocenters. The van der Waals surface area contributed by atoms with Crippen molar-refractivity contribution in [3.8, 4) is 0 Å². The Labute approximate surface area is 97.8 Å². The summed E-state index contributed by atoms with van der Waals surface area (Å²) in [7, 11) is -0.408. The summed E-state index contributed by atoms with van der Waals surface area (Å²) in [4.78, 5) is 0. The third kappa shape index (κ3) is 11.1. The van der Waals surface area contributed by atoms with Gasteiger partial charge in [0, 0.05) is 16.3 Å². The van der Waals surface area contributed by atoms with Gasteiger partial charge in [-0.2, -0.15) is 0 Å². The summed E-state index contributed by atoms with van der Waals surface area (Å²) in [6.07, 6.45) is 1.20. The van der Waals surface area contributed by atoms with Crippen LogP contribution in [0.1, 0.15) is 20.3 Å². The van der Waals surface area contributed by atoms with E-state index in [1.54, 1.807) is 0 Å². The van der Waals surface area contributed by atoms with Crippen LogP contribution in [0, 0.1) is 11.8 Å². The average Bonchev–Trinajstić information content (AvgIpc) is 2.11. The largest absolute Gasteiger partial charge is 0.360 e. The summed E-state index contributed by atoms with van der Waals surface area (Å²) in [5.41, 5.74) is 0. The first-order chi connectivity index (χ1) is 6.91. The van der Waals surface area contributed by atoms with Gasteiger partial charge in [-0.1, -0.05) is 13.8 Å². The SMILES string of the molecule is CC(COP(C)C)CC(C)COP(C)C. The van der Waals surface area contributed by atoms with Gasteiger partial charge in [-0.15, -0.1) is 0 Å². The molecule has 0 aliphatic heterocycles. The fourth-order valence-corrected chi connectivity index (χ4v) is 2.48. The van der Waals surface area contributed by atoms with Crippen LogP contribution in [-0.2, 0) is 9.05 Å². The van der Waals surface area contributed by atoms with Crippen molar-refractivity contribution < 1.29 is 9.05 Å². The van der Waals surface area contributed by atoms with Gasteiger partial charge in [-0.25, -0.2) is 0 Å². The molecule has 0 aromatic rings. The van der Waals surface area contributed by atoms with E-state index in [1.165, 1.54) is 6.42 Å². The minimum atomic E-state index is -0.204. The zero-order valence-electron chi connectivity index (χ0n) is 11.0. The Hall–Kier alpha value is 0.780. The molecule has 0 aromatic carbocycles. The van der Waals surface area contributed by atoms with E-state index in [0.29, 0.717) is 11.8 Å². The lowest BCUT2D eigenvalue weighted by molar-refractivity contribution is 0.218. The molecule has 15 heavy (non-hydrogen) atoms. The van der Waals surface area contributed by atoms with Crippen LogP contribution in [0.15, 0.2) is 0 Å². The molecule has 0 aliphatic rings. The molecule has 0 bridgehead atoms. The molecule has 92 valence electrons. The van der Waals surface area contributed by atoms with Gasteiger partial charge < -0.3 is 9.05 Å². The van der Waals surface area contributed by atoms with Crippen molar-refractivity contribution in [3.05, 3.63) is 0 Å². The van der Waals surface area contributed by atoms with Crippen molar-refractivity contribution in [2.24, 2.45) is 11.8 Å². The second kappa shape index (κ2) is 8.88. The molecular weight excluding hydrogens is 226 g/mol. The lowest BCUT2D eigenvalue weighted by atomic mass is 9.99. The molecule has 0 rings (SSSR count). The van der Waals surface area contributed by atoms with E-state index in [4.69, 9.17) is 9.05 Å². The number of rotatable bonds is 8. The highest BCUT2D eigenvalue weighted by Crippen LogP contribution is 2.29. The predicted octanol–water partition coefficient (Wildman–Crippen LogP) is 3.99. The molecule has 0 saturated heterocycles. The lowest BCUT2D eigenvalue weighted by Crippen LogP contribution is -2.12. The van der Waals surface area contributed by atoms with Crippen LogP contribution in [0.5, 0.6) is 0 Å². The molecular formula is C11H26O2P2. The maximum atomic E-state index is 5.66. The van der Waals surface area contributed by atoms with Crippen LogP contribution < -0.4 is 0 Å². The van der Waals surface area contributed by atoms with Crippen molar-refractivity contribution in [2.75, 3.05) is 39.9 Å². The minimum Gasteiger partial charge on any atom is -0.360 e. The summed E-state index contributed by atoms with van der Waals surface area (Å²) in [6, 6.07) is 0. The summed E-state index contributed by atoms with van der Waals surface area (Å²) in [5.74, 6) is 1.29. The maximum Gasteiger partial charge on any atom is 0.0534 e.